The van der Waals surface area contributed by atoms with E-state index in [2.05, 4.69) is 47.6 Å². The normalized spacial score (nSPS) is 19.3. The van der Waals surface area contributed by atoms with Gasteiger partial charge >= 0.3 is 0 Å². The molecule has 110 valence electrons. The lowest BCUT2D eigenvalue weighted by Gasteiger charge is -2.35. The van der Waals surface area contributed by atoms with Gasteiger partial charge in [0.25, 0.3) is 0 Å². The monoisotopic (exact) mass is 270 g/mol. The van der Waals surface area contributed by atoms with Crippen molar-refractivity contribution < 1.29 is 0 Å². The van der Waals surface area contributed by atoms with Gasteiger partial charge < -0.3 is 0 Å². The van der Waals surface area contributed by atoms with Crippen LogP contribution in [-0.2, 0) is 23.7 Å². The highest BCUT2D eigenvalue weighted by molar-refractivity contribution is 5.53. The molecular weight excluding hydrogens is 240 g/mol. The predicted octanol–water partition coefficient (Wildman–Crippen LogP) is 5.47. The Bertz CT molecular complexity index is 536. The number of rotatable bonds is 2. The number of hydrogen-bond donors (Lipinski definition) is 0. The second-order valence-electron chi connectivity index (χ2n) is 8.67. The smallest absolute Gasteiger partial charge is 0.00722 e. The van der Waals surface area contributed by atoms with Crippen LogP contribution < -0.4 is 0 Å². The highest BCUT2D eigenvalue weighted by Crippen LogP contribution is 2.51. The van der Waals surface area contributed by atoms with Crippen molar-refractivity contribution in [1.82, 2.24) is 0 Å². The van der Waals surface area contributed by atoms with E-state index in [-0.39, 0.29) is 5.41 Å². The Balaban J connectivity index is 2.26. The molecule has 0 bridgehead atoms. The van der Waals surface area contributed by atoms with Gasteiger partial charge in [0.15, 0.2) is 0 Å². The molecule has 0 radical (unpaired) electrons. The number of fused-ring (bicyclic) bond motifs is 1. The Hall–Kier alpha value is -0.780. The average molecular weight is 270 g/mol. The first-order chi connectivity index (χ1) is 9.23. The van der Waals surface area contributed by atoms with Gasteiger partial charge in [-0.3, -0.25) is 0 Å². The van der Waals surface area contributed by atoms with E-state index in [0.29, 0.717) is 5.41 Å². The summed E-state index contributed by atoms with van der Waals surface area (Å²) < 4.78 is 0. The van der Waals surface area contributed by atoms with E-state index in [0.717, 1.165) is 5.92 Å². The first-order valence-corrected chi connectivity index (χ1v) is 8.39. The van der Waals surface area contributed by atoms with Gasteiger partial charge in [-0.25, -0.2) is 0 Å². The molecule has 0 spiro atoms. The summed E-state index contributed by atoms with van der Waals surface area (Å²) in [5.74, 6) is 0.905. The molecule has 1 aromatic rings. The largest absolute Gasteiger partial charge is 0.0561 e. The molecule has 3 rings (SSSR count). The minimum atomic E-state index is 0.267. The van der Waals surface area contributed by atoms with Crippen LogP contribution in [0.25, 0.3) is 0 Å². The molecule has 0 atom stereocenters. The molecule has 0 heterocycles. The lowest BCUT2D eigenvalue weighted by molar-refractivity contribution is 0.435. The van der Waals surface area contributed by atoms with Crippen LogP contribution in [-0.4, -0.2) is 0 Å². The Morgan fingerprint density at radius 2 is 1.55 bits per heavy atom. The molecule has 0 amide bonds. The molecule has 0 aliphatic heterocycles. The maximum Gasteiger partial charge on any atom is -0.00722 e. The van der Waals surface area contributed by atoms with E-state index in [1.807, 2.05) is 0 Å². The van der Waals surface area contributed by atoms with Crippen molar-refractivity contribution in [3.05, 3.63) is 33.9 Å². The summed E-state index contributed by atoms with van der Waals surface area (Å²) >= 11 is 0. The zero-order chi connectivity index (χ0) is 14.7. The van der Waals surface area contributed by atoms with Crippen molar-refractivity contribution in [2.24, 2.45) is 5.92 Å². The SMILES string of the molecule is Cc1cc(C(C)(C)C2CC2)c(C(C)(C)C)c2c1CCC2. The van der Waals surface area contributed by atoms with E-state index in [1.54, 1.807) is 27.8 Å². The third-order valence-electron chi connectivity index (χ3n) is 5.67. The van der Waals surface area contributed by atoms with Crippen molar-refractivity contribution in [2.45, 2.75) is 84.5 Å². The van der Waals surface area contributed by atoms with Crippen molar-refractivity contribution in [3.63, 3.8) is 0 Å². The highest BCUT2D eigenvalue weighted by Gasteiger charge is 2.42. The van der Waals surface area contributed by atoms with Gasteiger partial charge in [-0.2, -0.15) is 0 Å². The molecule has 20 heavy (non-hydrogen) atoms. The van der Waals surface area contributed by atoms with E-state index >= 15 is 0 Å². The molecule has 0 N–H and O–H groups in total. The van der Waals surface area contributed by atoms with Crippen LogP contribution in [0.5, 0.6) is 0 Å². The molecule has 1 saturated carbocycles. The Kier molecular flexibility index (Phi) is 3.09. The summed E-state index contributed by atoms with van der Waals surface area (Å²) in [4.78, 5) is 0. The quantitative estimate of drug-likeness (QED) is 0.668. The van der Waals surface area contributed by atoms with Gasteiger partial charge in [-0.1, -0.05) is 40.7 Å². The van der Waals surface area contributed by atoms with Crippen LogP contribution in [0.3, 0.4) is 0 Å². The van der Waals surface area contributed by atoms with Gasteiger partial charge in [-0.15, -0.1) is 0 Å². The van der Waals surface area contributed by atoms with Gasteiger partial charge in [0.2, 0.25) is 0 Å². The molecule has 0 nitrogen and oxygen atoms in total. The minimum absolute atomic E-state index is 0.267. The second-order valence-corrected chi connectivity index (χ2v) is 8.67. The van der Waals surface area contributed by atoms with Crippen LogP contribution in [0.4, 0.5) is 0 Å². The zero-order valence-electron chi connectivity index (χ0n) is 14.2. The maximum absolute atomic E-state index is 2.54. The zero-order valence-corrected chi connectivity index (χ0v) is 14.2. The van der Waals surface area contributed by atoms with Crippen molar-refractivity contribution >= 4 is 0 Å². The molecule has 0 saturated heterocycles. The van der Waals surface area contributed by atoms with E-state index in [9.17, 15) is 0 Å². The average Bonchev–Trinajstić information content (AvgIpc) is 3.07. The first-order valence-electron chi connectivity index (χ1n) is 8.39. The van der Waals surface area contributed by atoms with Crippen molar-refractivity contribution in [2.75, 3.05) is 0 Å². The predicted molar refractivity (Wildman–Crippen MR) is 87.7 cm³/mol. The summed E-state index contributed by atoms with van der Waals surface area (Å²) in [5.41, 5.74) is 8.90. The topological polar surface area (TPSA) is 0 Å². The molecule has 0 heteroatoms. The number of benzene rings is 1. The second kappa shape index (κ2) is 4.36. The van der Waals surface area contributed by atoms with Crippen LogP contribution in [0.2, 0.25) is 0 Å². The Labute approximate surface area is 125 Å². The number of aryl methyl sites for hydroxylation is 1. The number of hydrogen-bond acceptors (Lipinski definition) is 0. The van der Waals surface area contributed by atoms with E-state index in [4.69, 9.17) is 0 Å². The standard InChI is InChI=1S/C20H30/c1-13-12-17(20(5,6)14-10-11-14)18(19(2,3)4)16-9-7-8-15(13)16/h12,14H,7-11H2,1-6H3. The molecule has 0 unspecified atom stereocenters. The molecular formula is C20H30. The third-order valence-corrected chi connectivity index (χ3v) is 5.67. The fourth-order valence-corrected chi connectivity index (χ4v) is 4.38. The van der Waals surface area contributed by atoms with Crippen LogP contribution in [0.1, 0.15) is 81.7 Å². The van der Waals surface area contributed by atoms with Crippen molar-refractivity contribution in [3.8, 4) is 0 Å². The van der Waals surface area contributed by atoms with Crippen LogP contribution in [0.15, 0.2) is 6.07 Å². The van der Waals surface area contributed by atoms with E-state index < -0.39 is 0 Å². The third kappa shape index (κ3) is 2.12. The van der Waals surface area contributed by atoms with E-state index in [1.165, 1.54) is 32.1 Å². The van der Waals surface area contributed by atoms with Crippen LogP contribution >= 0.6 is 0 Å². The first kappa shape index (κ1) is 14.2. The summed E-state index contributed by atoms with van der Waals surface area (Å²) in [6.45, 7) is 14.5. The fourth-order valence-electron chi connectivity index (χ4n) is 4.38. The molecule has 2 aliphatic carbocycles. The van der Waals surface area contributed by atoms with Gasteiger partial charge in [0, 0.05) is 0 Å². The summed E-state index contributed by atoms with van der Waals surface area (Å²) in [6, 6.07) is 2.54. The molecule has 1 fully saturated rings. The fraction of sp³-hybridized carbons (Fsp3) is 0.700. The summed E-state index contributed by atoms with van der Waals surface area (Å²) in [6.07, 6.45) is 6.80. The Morgan fingerprint density at radius 3 is 2.10 bits per heavy atom. The summed E-state index contributed by atoms with van der Waals surface area (Å²) in [7, 11) is 0. The Morgan fingerprint density at radius 1 is 0.950 bits per heavy atom. The van der Waals surface area contributed by atoms with Crippen LogP contribution in [0, 0.1) is 12.8 Å². The lowest BCUT2D eigenvalue weighted by Crippen LogP contribution is -2.28. The van der Waals surface area contributed by atoms with Crippen molar-refractivity contribution in [1.29, 1.82) is 0 Å². The molecule has 1 aromatic carbocycles. The molecule has 0 aromatic heterocycles. The molecule has 2 aliphatic rings. The van der Waals surface area contributed by atoms with Gasteiger partial charge in [0.1, 0.15) is 0 Å². The minimum Gasteiger partial charge on any atom is -0.0561 e. The van der Waals surface area contributed by atoms with Gasteiger partial charge in [0.05, 0.1) is 0 Å². The lowest BCUT2D eigenvalue weighted by atomic mass is 9.69. The summed E-state index contributed by atoms with van der Waals surface area (Å²) in [5, 5.41) is 0. The maximum atomic E-state index is 2.54. The van der Waals surface area contributed by atoms with Gasteiger partial charge in [-0.05, 0) is 83.6 Å². The highest BCUT2D eigenvalue weighted by atomic mass is 14.5.